The van der Waals surface area contributed by atoms with E-state index in [-0.39, 0.29) is 6.10 Å². The van der Waals surface area contributed by atoms with E-state index < -0.39 is 0 Å². The number of methoxy groups -OCH3 is 1. The molecule has 1 saturated carbocycles. The first-order valence-corrected chi connectivity index (χ1v) is 11.2. The molecule has 4 heteroatoms. The molecule has 0 bridgehead atoms. The molecule has 0 spiro atoms. The predicted octanol–water partition coefficient (Wildman–Crippen LogP) is 5.04. The van der Waals surface area contributed by atoms with E-state index in [1.165, 1.54) is 68.2 Å². The number of piperidine rings is 1. The Hall–Kier alpha value is -0.580. The number of likely N-dealkylation sites (tertiary alicyclic amines) is 1. The molecule has 1 aromatic carbocycles. The number of rotatable bonds is 7. The highest BCUT2D eigenvalue weighted by molar-refractivity contribution is 9.10. The lowest BCUT2D eigenvalue weighted by atomic mass is 9.84. The summed E-state index contributed by atoms with van der Waals surface area (Å²) >= 11 is 3.69. The van der Waals surface area contributed by atoms with Crippen molar-refractivity contribution < 1.29 is 9.84 Å². The summed E-state index contributed by atoms with van der Waals surface area (Å²) in [6.07, 6.45) is 10.9. The Bertz CT molecular complexity index is 549. The second kappa shape index (κ2) is 10.1. The summed E-state index contributed by atoms with van der Waals surface area (Å²) in [5.41, 5.74) is 1.38. The van der Waals surface area contributed by atoms with Gasteiger partial charge in [-0.15, -0.1) is 0 Å². The molecule has 1 saturated heterocycles. The lowest BCUT2D eigenvalue weighted by molar-refractivity contribution is 0.103. The third-order valence-corrected chi connectivity index (χ3v) is 7.15. The van der Waals surface area contributed by atoms with Gasteiger partial charge in [-0.2, -0.15) is 0 Å². The van der Waals surface area contributed by atoms with Gasteiger partial charge >= 0.3 is 0 Å². The minimum absolute atomic E-state index is 0.0186. The molecule has 26 heavy (non-hydrogen) atoms. The van der Waals surface area contributed by atoms with Gasteiger partial charge in [-0.05, 0) is 113 Å². The molecular weight excluding hydrogens is 390 g/mol. The van der Waals surface area contributed by atoms with Crippen molar-refractivity contribution in [2.45, 2.75) is 63.9 Å². The highest BCUT2D eigenvalue weighted by Crippen LogP contribution is 2.30. The molecule has 2 fully saturated rings. The largest absolute Gasteiger partial charge is 0.497 e. The second-order valence-corrected chi connectivity index (χ2v) is 9.12. The van der Waals surface area contributed by atoms with Crippen LogP contribution in [0.4, 0.5) is 0 Å². The van der Waals surface area contributed by atoms with Crippen LogP contribution in [0, 0.1) is 11.8 Å². The number of ether oxygens (including phenoxy) is 1. The summed E-state index contributed by atoms with van der Waals surface area (Å²) in [5.74, 6) is 2.60. The standard InChI is InChI=1S/C22H34BrNO2/c1-26-21-8-9-22(23)19(16-21)15-18-10-13-24(14-11-18)12-2-3-17-4-6-20(25)7-5-17/h8-9,16-18,20,25H,2-7,10-15H2,1H3. The molecule has 0 radical (unpaired) electrons. The monoisotopic (exact) mass is 423 g/mol. The number of halogens is 1. The minimum Gasteiger partial charge on any atom is -0.497 e. The SMILES string of the molecule is COc1ccc(Br)c(CC2CCN(CCCC3CCC(O)CC3)CC2)c1. The smallest absolute Gasteiger partial charge is 0.119 e. The van der Waals surface area contributed by atoms with Crippen molar-refractivity contribution in [1.29, 1.82) is 0 Å². The van der Waals surface area contributed by atoms with Gasteiger partial charge in [0.25, 0.3) is 0 Å². The van der Waals surface area contributed by atoms with Crippen molar-refractivity contribution in [2.24, 2.45) is 11.8 Å². The molecule has 0 unspecified atom stereocenters. The zero-order valence-electron chi connectivity index (χ0n) is 16.1. The van der Waals surface area contributed by atoms with E-state index >= 15 is 0 Å². The lowest BCUT2D eigenvalue weighted by Gasteiger charge is -2.33. The predicted molar refractivity (Wildman–Crippen MR) is 111 cm³/mol. The normalized spacial score (nSPS) is 25.3. The summed E-state index contributed by atoms with van der Waals surface area (Å²) in [5, 5.41) is 9.62. The maximum absolute atomic E-state index is 9.62. The number of hydrogen-bond acceptors (Lipinski definition) is 3. The molecule has 0 amide bonds. The summed E-state index contributed by atoms with van der Waals surface area (Å²) < 4.78 is 6.58. The summed E-state index contributed by atoms with van der Waals surface area (Å²) in [6, 6.07) is 6.30. The van der Waals surface area contributed by atoms with Crippen molar-refractivity contribution >= 4 is 15.9 Å². The van der Waals surface area contributed by atoms with Crippen LogP contribution < -0.4 is 4.74 Å². The molecule has 3 rings (SSSR count). The van der Waals surface area contributed by atoms with Crippen molar-refractivity contribution in [1.82, 2.24) is 4.90 Å². The average molecular weight is 424 g/mol. The van der Waals surface area contributed by atoms with E-state index in [0.717, 1.165) is 36.8 Å². The van der Waals surface area contributed by atoms with Crippen molar-refractivity contribution in [3.63, 3.8) is 0 Å². The molecule has 0 aromatic heterocycles. The molecule has 1 heterocycles. The van der Waals surface area contributed by atoms with Crippen molar-refractivity contribution in [2.75, 3.05) is 26.7 Å². The molecule has 1 aromatic rings. The molecule has 146 valence electrons. The molecule has 1 aliphatic heterocycles. The minimum atomic E-state index is -0.0186. The second-order valence-electron chi connectivity index (χ2n) is 8.26. The van der Waals surface area contributed by atoms with Crippen LogP contribution in [-0.4, -0.2) is 42.9 Å². The number of nitrogens with zero attached hydrogens (tertiary/aromatic N) is 1. The van der Waals surface area contributed by atoms with Gasteiger partial charge in [0.2, 0.25) is 0 Å². The Kier molecular flexibility index (Phi) is 7.83. The fourth-order valence-electron chi connectivity index (χ4n) is 4.60. The van der Waals surface area contributed by atoms with Gasteiger partial charge in [0.1, 0.15) is 5.75 Å². The van der Waals surface area contributed by atoms with Crippen LogP contribution in [0.25, 0.3) is 0 Å². The number of aliphatic hydroxyl groups is 1. The van der Waals surface area contributed by atoms with Crippen molar-refractivity contribution in [3.8, 4) is 5.75 Å². The Morgan fingerprint density at radius 3 is 2.50 bits per heavy atom. The zero-order valence-corrected chi connectivity index (χ0v) is 17.7. The van der Waals surface area contributed by atoms with Crippen LogP contribution in [0.2, 0.25) is 0 Å². The van der Waals surface area contributed by atoms with E-state index in [1.807, 2.05) is 6.07 Å². The van der Waals surface area contributed by atoms with Crippen LogP contribution in [-0.2, 0) is 6.42 Å². The van der Waals surface area contributed by atoms with Crippen molar-refractivity contribution in [3.05, 3.63) is 28.2 Å². The maximum atomic E-state index is 9.62. The van der Waals surface area contributed by atoms with E-state index in [2.05, 4.69) is 33.0 Å². The molecule has 3 nitrogen and oxygen atoms in total. The summed E-state index contributed by atoms with van der Waals surface area (Å²) in [7, 11) is 1.74. The van der Waals surface area contributed by atoms with Gasteiger partial charge in [0.05, 0.1) is 13.2 Å². The average Bonchev–Trinajstić information content (AvgIpc) is 2.66. The van der Waals surface area contributed by atoms with Crippen LogP contribution >= 0.6 is 15.9 Å². The highest BCUT2D eigenvalue weighted by atomic mass is 79.9. The first-order chi connectivity index (χ1) is 12.6. The Morgan fingerprint density at radius 1 is 1.08 bits per heavy atom. The van der Waals surface area contributed by atoms with Crippen LogP contribution in [0.3, 0.4) is 0 Å². The lowest BCUT2D eigenvalue weighted by Crippen LogP contribution is -2.35. The van der Waals surface area contributed by atoms with Crippen LogP contribution in [0.1, 0.15) is 56.9 Å². The number of benzene rings is 1. The van der Waals surface area contributed by atoms with Crippen LogP contribution in [0.5, 0.6) is 5.75 Å². The number of aliphatic hydroxyl groups excluding tert-OH is 1. The Labute approximate surface area is 167 Å². The first-order valence-electron chi connectivity index (χ1n) is 10.4. The molecule has 1 aliphatic carbocycles. The molecular formula is C22H34BrNO2. The van der Waals surface area contributed by atoms with Crippen LogP contribution in [0.15, 0.2) is 22.7 Å². The highest BCUT2D eigenvalue weighted by Gasteiger charge is 2.22. The topological polar surface area (TPSA) is 32.7 Å². The fraction of sp³-hybridized carbons (Fsp3) is 0.727. The third kappa shape index (κ3) is 5.97. The van der Waals surface area contributed by atoms with E-state index in [4.69, 9.17) is 4.74 Å². The molecule has 2 aliphatic rings. The molecule has 0 atom stereocenters. The summed E-state index contributed by atoms with van der Waals surface area (Å²) in [6.45, 7) is 3.75. The fourth-order valence-corrected chi connectivity index (χ4v) is 5.01. The van der Waals surface area contributed by atoms with E-state index in [9.17, 15) is 5.11 Å². The first kappa shape index (κ1) is 20.2. The maximum Gasteiger partial charge on any atom is 0.119 e. The third-order valence-electron chi connectivity index (χ3n) is 6.37. The Balaban J connectivity index is 1.35. The summed E-state index contributed by atoms with van der Waals surface area (Å²) in [4.78, 5) is 2.66. The zero-order chi connectivity index (χ0) is 18.4. The van der Waals surface area contributed by atoms with E-state index in [0.29, 0.717) is 0 Å². The molecule has 1 N–H and O–H groups in total. The van der Waals surface area contributed by atoms with Gasteiger partial charge in [-0.3, -0.25) is 0 Å². The van der Waals surface area contributed by atoms with Gasteiger partial charge in [0.15, 0.2) is 0 Å². The van der Waals surface area contributed by atoms with Gasteiger partial charge < -0.3 is 14.7 Å². The number of hydrogen-bond donors (Lipinski definition) is 1. The van der Waals surface area contributed by atoms with Gasteiger partial charge in [0, 0.05) is 4.47 Å². The quantitative estimate of drug-likeness (QED) is 0.666. The van der Waals surface area contributed by atoms with E-state index in [1.54, 1.807) is 7.11 Å². The van der Waals surface area contributed by atoms with Gasteiger partial charge in [-0.25, -0.2) is 0 Å². The van der Waals surface area contributed by atoms with Gasteiger partial charge in [-0.1, -0.05) is 15.9 Å². The Morgan fingerprint density at radius 2 is 1.81 bits per heavy atom.